The first-order valence-electron chi connectivity index (χ1n) is 5.79. The highest BCUT2D eigenvalue weighted by Gasteiger charge is 2.19. The fourth-order valence-electron chi connectivity index (χ4n) is 2.02. The summed E-state index contributed by atoms with van der Waals surface area (Å²) in [6.07, 6.45) is 1.58. The van der Waals surface area contributed by atoms with Crippen molar-refractivity contribution in [3.8, 4) is 5.75 Å². The Kier molecular flexibility index (Phi) is 3.44. The van der Waals surface area contributed by atoms with E-state index in [1.165, 1.54) is 5.56 Å². The molecule has 1 aromatic carbocycles. The van der Waals surface area contributed by atoms with Crippen molar-refractivity contribution in [2.24, 2.45) is 0 Å². The van der Waals surface area contributed by atoms with Crippen LogP contribution in [0.4, 0.5) is 0 Å². The van der Waals surface area contributed by atoms with Gasteiger partial charge in [0.15, 0.2) is 0 Å². The molecule has 1 saturated heterocycles. The van der Waals surface area contributed by atoms with Crippen LogP contribution in [0.15, 0.2) is 24.3 Å². The third-order valence-corrected chi connectivity index (χ3v) is 2.93. The molecular weight excluding hydrogens is 202 g/mol. The molecule has 0 aliphatic carbocycles. The molecule has 1 unspecified atom stereocenters. The van der Waals surface area contributed by atoms with Crippen LogP contribution in [0.2, 0.25) is 0 Å². The minimum Gasteiger partial charge on any atom is -0.494 e. The van der Waals surface area contributed by atoms with Crippen molar-refractivity contribution in [1.29, 1.82) is 0 Å². The van der Waals surface area contributed by atoms with Gasteiger partial charge in [0.1, 0.15) is 5.75 Å². The molecule has 0 spiro atoms. The Morgan fingerprint density at radius 1 is 1.38 bits per heavy atom. The van der Waals surface area contributed by atoms with Crippen molar-refractivity contribution in [3.05, 3.63) is 29.8 Å². The zero-order chi connectivity index (χ0) is 11.4. The van der Waals surface area contributed by atoms with Gasteiger partial charge in [0, 0.05) is 18.9 Å². The lowest BCUT2D eigenvalue weighted by Crippen LogP contribution is -2.33. The van der Waals surface area contributed by atoms with Crippen molar-refractivity contribution >= 4 is 5.91 Å². The Bertz CT molecular complexity index is 349. The van der Waals surface area contributed by atoms with Gasteiger partial charge in [-0.2, -0.15) is 0 Å². The molecule has 16 heavy (non-hydrogen) atoms. The van der Waals surface area contributed by atoms with Crippen LogP contribution in [0.25, 0.3) is 0 Å². The van der Waals surface area contributed by atoms with Gasteiger partial charge in [-0.3, -0.25) is 4.79 Å². The van der Waals surface area contributed by atoms with E-state index >= 15 is 0 Å². The minimum atomic E-state index is 0.169. The molecule has 0 radical (unpaired) electrons. The van der Waals surface area contributed by atoms with Gasteiger partial charge < -0.3 is 10.1 Å². The van der Waals surface area contributed by atoms with Crippen LogP contribution in [0.1, 0.15) is 31.2 Å². The van der Waals surface area contributed by atoms with Gasteiger partial charge in [-0.25, -0.2) is 0 Å². The second-order valence-corrected chi connectivity index (χ2v) is 4.04. The molecular formula is C13H17NO2. The van der Waals surface area contributed by atoms with Crippen molar-refractivity contribution in [3.63, 3.8) is 0 Å². The number of nitrogens with one attached hydrogen (secondary N) is 1. The number of hydrogen-bond donors (Lipinski definition) is 1. The number of piperidine rings is 1. The van der Waals surface area contributed by atoms with E-state index < -0.39 is 0 Å². The highest BCUT2D eigenvalue weighted by atomic mass is 16.5. The standard InChI is InChI=1S/C13H17NO2/c1-2-16-12-6-3-10(4-7-12)11-5-8-13(15)14-9-11/h3-4,6-7,11H,2,5,8-9H2,1H3,(H,14,15). The molecule has 1 atom stereocenters. The van der Waals surface area contributed by atoms with E-state index in [9.17, 15) is 4.79 Å². The zero-order valence-corrected chi connectivity index (χ0v) is 9.53. The molecule has 1 N–H and O–H groups in total. The first-order valence-corrected chi connectivity index (χ1v) is 5.79. The second-order valence-electron chi connectivity index (χ2n) is 4.04. The topological polar surface area (TPSA) is 38.3 Å². The highest BCUT2D eigenvalue weighted by Crippen LogP contribution is 2.25. The molecule has 0 bridgehead atoms. The lowest BCUT2D eigenvalue weighted by atomic mass is 9.91. The average molecular weight is 219 g/mol. The number of carbonyl (C=O) groups is 1. The van der Waals surface area contributed by atoms with E-state index in [0.29, 0.717) is 18.9 Å². The van der Waals surface area contributed by atoms with E-state index in [4.69, 9.17) is 4.74 Å². The third-order valence-electron chi connectivity index (χ3n) is 2.93. The normalized spacial score (nSPS) is 20.3. The van der Waals surface area contributed by atoms with Crippen molar-refractivity contribution in [2.75, 3.05) is 13.2 Å². The van der Waals surface area contributed by atoms with Crippen molar-refractivity contribution in [1.82, 2.24) is 5.32 Å². The van der Waals surface area contributed by atoms with Crippen molar-refractivity contribution < 1.29 is 9.53 Å². The number of rotatable bonds is 3. The zero-order valence-electron chi connectivity index (χ0n) is 9.53. The predicted molar refractivity (Wildman–Crippen MR) is 62.6 cm³/mol. The van der Waals surface area contributed by atoms with E-state index in [2.05, 4.69) is 17.4 Å². The first-order chi connectivity index (χ1) is 7.79. The number of ether oxygens (including phenoxy) is 1. The maximum atomic E-state index is 11.0. The summed E-state index contributed by atoms with van der Waals surface area (Å²) in [7, 11) is 0. The molecule has 0 saturated carbocycles. The van der Waals surface area contributed by atoms with Gasteiger partial charge in [-0.1, -0.05) is 12.1 Å². The van der Waals surface area contributed by atoms with Crippen LogP contribution < -0.4 is 10.1 Å². The Morgan fingerprint density at radius 2 is 2.12 bits per heavy atom. The summed E-state index contributed by atoms with van der Waals surface area (Å²) in [5, 5.41) is 2.90. The molecule has 1 aromatic rings. The Morgan fingerprint density at radius 3 is 2.69 bits per heavy atom. The van der Waals surface area contributed by atoms with Crippen LogP contribution in [-0.4, -0.2) is 19.1 Å². The third kappa shape index (κ3) is 2.54. The molecule has 0 aromatic heterocycles. The number of amides is 1. The first kappa shape index (κ1) is 11.0. The second kappa shape index (κ2) is 5.01. The number of hydrogen-bond acceptors (Lipinski definition) is 2. The quantitative estimate of drug-likeness (QED) is 0.845. The van der Waals surface area contributed by atoms with E-state index in [1.807, 2.05) is 19.1 Å². The number of benzene rings is 1. The van der Waals surface area contributed by atoms with Gasteiger partial charge in [0.25, 0.3) is 0 Å². The van der Waals surface area contributed by atoms with Crippen LogP contribution in [0.5, 0.6) is 5.75 Å². The monoisotopic (exact) mass is 219 g/mol. The van der Waals surface area contributed by atoms with E-state index in [-0.39, 0.29) is 5.91 Å². The summed E-state index contributed by atoms with van der Waals surface area (Å²) in [6.45, 7) is 3.43. The maximum Gasteiger partial charge on any atom is 0.220 e. The summed E-state index contributed by atoms with van der Waals surface area (Å²) < 4.78 is 5.40. The lowest BCUT2D eigenvalue weighted by molar-refractivity contribution is -0.122. The van der Waals surface area contributed by atoms with Crippen LogP contribution in [0, 0.1) is 0 Å². The molecule has 1 heterocycles. The van der Waals surface area contributed by atoms with Gasteiger partial charge in [-0.15, -0.1) is 0 Å². The van der Waals surface area contributed by atoms with Gasteiger partial charge in [0.2, 0.25) is 5.91 Å². The maximum absolute atomic E-state index is 11.0. The Hall–Kier alpha value is -1.51. The Balaban J connectivity index is 2.01. The fourth-order valence-corrected chi connectivity index (χ4v) is 2.02. The molecule has 1 fully saturated rings. The molecule has 3 nitrogen and oxygen atoms in total. The van der Waals surface area contributed by atoms with Crippen LogP contribution in [0.3, 0.4) is 0 Å². The molecule has 3 heteroatoms. The SMILES string of the molecule is CCOc1ccc(C2CCC(=O)NC2)cc1. The summed E-state index contributed by atoms with van der Waals surface area (Å²) in [5.74, 6) is 1.53. The minimum absolute atomic E-state index is 0.169. The smallest absolute Gasteiger partial charge is 0.220 e. The Labute approximate surface area is 95.8 Å². The van der Waals surface area contributed by atoms with Crippen LogP contribution >= 0.6 is 0 Å². The van der Waals surface area contributed by atoms with E-state index in [1.54, 1.807) is 0 Å². The van der Waals surface area contributed by atoms with Gasteiger partial charge in [0.05, 0.1) is 6.61 Å². The molecule has 1 amide bonds. The summed E-state index contributed by atoms with van der Waals surface area (Å²) in [4.78, 5) is 11.0. The summed E-state index contributed by atoms with van der Waals surface area (Å²) in [6, 6.07) is 8.17. The predicted octanol–water partition coefficient (Wildman–Crippen LogP) is 2.08. The largest absolute Gasteiger partial charge is 0.494 e. The molecule has 1 aliphatic heterocycles. The molecule has 1 aliphatic rings. The van der Waals surface area contributed by atoms with Crippen LogP contribution in [-0.2, 0) is 4.79 Å². The van der Waals surface area contributed by atoms with Gasteiger partial charge in [-0.05, 0) is 31.0 Å². The van der Waals surface area contributed by atoms with E-state index in [0.717, 1.165) is 18.7 Å². The summed E-state index contributed by atoms with van der Waals surface area (Å²) in [5.41, 5.74) is 1.28. The average Bonchev–Trinajstić information content (AvgIpc) is 2.32. The lowest BCUT2D eigenvalue weighted by Gasteiger charge is -2.22. The van der Waals surface area contributed by atoms with Gasteiger partial charge >= 0.3 is 0 Å². The van der Waals surface area contributed by atoms with Crippen molar-refractivity contribution in [2.45, 2.75) is 25.7 Å². The number of carbonyl (C=O) groups excluding carboxylic acids is 1. The molecule has 2 rings (SSSR count). The highest BCUT2D eigenvalue weighted by molar-refractivity contribution is 5.76. The fraction of sp³-hybridized carbons (Fsp3) is 0.462. The summed E-state index contributed by atoms with van der Waals surface area (Å²) >= 11 is 0. The molecule has 86 valence electrons.